The lowest BCUT2D eigenvalue weighted by Gasteiger charge is -2.10. The van der Waals surface area contributed by atoms with Crippen LogP contribution in [0.2, 0.25) is 0 Å². The number of hydrogen-bond donors (Lipinski definition) is 1. The highest BCUT2D eigenvalue weighted by Gasteiger charge is 2.11. The van der Waals surface area contributed by atoms with Crippen LogP contribution in [0.15, 0.2) is 42.7 Å². The first-order valence-corrected chi connectivity index (χ1v) is 8.61. The molecule has 5 heteroatoms. The summed E-state index contributed by atoms with van der Waals surface area (Å²) in [5.74, 6) is 1.50. The SMILES string of the molecule is O=C(CCCCCn1cccc1)Nc1ccc2c(c1)OCCCO2. The van der Waals surface area contributed by atoms with Gasteiger partial charge in [-0.2, -0.15) is 0 Å². The van der Waals surface area contributed by atoms with Crippen LogP contribution in [0, 0.1) is 0 Å². The number of nitrogens with zero attached hydrogens (tertiary/aromatic N) is 1. The number of aromatic nitrogens is 1. The number of benzene rings is 1. The molecule has 1 amide bonds. The molecular weight excluding hydrogens is 304 g/mol. The molecule has 0 radical (unpaired) electrons. The number of ether oxygens (including phenoxy) is 2. The molecule has 1 aromatic carbocycles. The van der Waals surface area contributed by atoms with E-state index in [0.717, 1.165) is 43.7 Å². The van der Waals surface area contributed by atoms with E-state index in [1.807, 2.05) is 30.3 Å². The maximum absolute atomic E-state index is 12.1. The van der Waals surface area contributed by atoms with Crippen molar-refractivity contribution in [2.75, 3.05) is 18.5 Å². The molecule has 0 saturated carbocycles. The van der Waals surface area contributed by atoms with Crippen LogP contribution in [0.3, 0.4) is 0 Å². The van der Waals surface area contributed by atoms with E-state index < -0.39 is 0 Å². The Balaban J connectivity index is 1.39. The third-order valence-corrected chi connectivity index (χ3v) is 4.02. The molecule has 0 fully saturated rings. The Morgan fingerprint density at radius 2 is 1.83 bits per heavy atom. The highest BCUT2D eigenvalue weighted by Crippen LogP contribution is 2.32. The number of carbonyl (C=O) groups excluding carboxylic acids is 1. The zero-order valence-electron chi connectivity index (χ0n) is 13.9. The summed E-state index contributed by atoms with van der Waals surface area (Å²) < 4.78 is 13.4. The van der Waals surface area contributed by atoms with E-state index in [4.69, 9.17) is 9.47 Å². The predicted molar refractivity (Wildman–Crippen MR) is 93.6 cm³/mol. The van der Waals surface area contributed by atoms with Crippen molar-refractivity contribution in [3.63, 3.8) is 0 Å². The largest absolute Gasteiger partial charge is 0.490 e. The molecule has 0 spiro atoms. The average Bonchev–Trinajstić information content (AvgIpc) is 2.98. The van der Waals surface area contributed by atoms with E-state index in [2.05, 4.69) is 22.3 Å². The lowest BCUT2D eigenvalue weighted by atomic mass is 10.2. The third-order valence-electron chi connectivity index (χ3n) is 4.02. The number of carbonyl (C=O) groups is 1. The van der Waals surface area contributed by atoms with Crippen molar-refractivity contribution >= 4 is 11.6 Å². The molecule has 1 aromatic heterocycles. The quantitative estimate of drug-likeness (QED) is 0.786. The van der Waals surface area contributed by atoms with Gasteiger partial charge < -0.3 is 19.4 Å². The van der Waals surface area contributed by atoms with Gasteiger partial charge in [-0.15, -0.1) is 0 Å². The van der Waals surface area contributed by atoms with Crippen molar-refractivity contribution in [1.82, 2.24) is 4.57 Å². The van der Waals surface area contributed by atoms with E-state index >= 15 is 0 Å². The molecule has 128 valence electrons. The van der Waals surface area contributed by atoms with Crippen molar-refractivity contribution in [2.24, 2.45) is 0 Å². The molecule has 0 atom stereocenters. The number of amides is 1. The molecule has 0 unspecified atom stereocenters. The topological polar surface area (TPSA) is 52.5 Å². The summed E-state index contributed by atoms with van der Waals surface area (Å²) in [6, 6.07) is 9.61. The second-order valence-corrected chi connectivity index (χ2v) is 5.99. The van der Waals surface area contributed by atoms with Crippen molar-refractivity contribution in [3.8, 4) is 11.5 Å². The number of fused-ring (bicyclic) bond motifs is 1. The van der Waals surface area contributed by atoms with Gasteiger partial charge in [0.25, 0.3) is 0 Å². The standard InChI is InChI=1S/C19H24N2O3/c22-19(7-2-1-3-10-21-11-4-5-12-21)20-16-8-9-17-18(15-16)24-14-6-13-23-17/h4-5,8-9,11-12,15H,1-3,6-7,10,13-14H2,(H,20,22). The van der Waals surface area contributed by atoms with Gasteiger partial charge in [-0.3, -0.25) is 4.79 Å². The Morgan fingerprint density at radius 1 is 1.04 bits per heavy atom. The fourth-order valence-corrected chi connectivity index (χ4v) is 2.74. The number of rotatable bonds is 7. The number of hydrogen-bond acceptors (Lipinski definition) is 3. The fourth-order valence-electron chi connectivity index (χ4n) is 2.74. The molecule has 1 aliphatic rings. The summed E-state index contributed by atoms with van der Waals surface area (Å²) in [5, 5.41) is 2.94. The molecule has 0 saturated heterocycles. The van der Waals surface area contributed by atoms with Crippen molar-refractivity contribution < 1.29 is 14.3 Å². The van der Waals surface area contributed by atoms with Crippen LogP contribution in [-0.4, -0.2) is 23.7 Å². The Bertz CT molecular complexity index is 653. The number of aryl methyl sites for hydroxylation is 1. The Hall–Kier alpha value is -2.43. The number of nitrogens with one attached hydrogen (secondary N) is 1. The molecule has 2 aromatic rings. The zero-order chi connectivity index (χ0) is 16.6. The minimum atomic E-state index is 0.0467. The van der Waals surface area contributed by atoms with Crippen LogP contribution >= 0.6 is 0 Å². The molecule has 2 heterocycles. The monoisotopic (exact) mass is 328 g/mol. The molecule has 3 rings (SSSR count). The molecule has 0 bridgehead atoms. The third kappa shape index (κ3) is 4.78. The Morgan fingerprint density at radius 3 is 2.67 bits per heavy atom. The van der Waals surface area contributed by atoms with E-state index in [0.29, 0.717) is 25.4 Å². The molecule has 1 aliphatic heterocycles. The van der Waals surface area contributed by atoms with Gasteiger partial charge in [0.05, 0.1) is 13.2 Å². The highest BCUT2D eigenvalue weighted by molar-refractivity contribution is 5.91. The summed E-state index contributed by atoms with van der Waals surface area (Å²) in [4.78, 5) is 12.1. The Kier molecular flexibility index (Phi) is 5.77. The van der Waals surface area contributed by atoms with Crippen molar-refractivity contribution in [2.45, 2.75) is 38.6 Å². The Labute approximate surface area is 142 Å². The minimum absolute atomic E-state index is 0.0467. The number of unbranched alkanes of at least 4 members (excludes halogenated alkanes) is 2. The second kappa shape index (κ2) is 8.43. The lowest BCUT2D eigenvalue weighted by Crippen LogP contribution is -2.11. The first-order valence-electron chi connectivity index (χ1n) is 8.61. The van der Waals surface area contributed by atoms with E-state index in [-0.39, 0.29) is 5.91 Å². The lowest BCUT2D eigenvalue weighted by molar-refractivity contribution is -0.116. The second-order valence-electron chi connectivity index (χ2n) is 5.99. The highest BCUT2D eigenvalue weighted by atomic mass is 16.5. The van der Waals surface area contributed by atoms with Crippen molar-refractivity contribution in [3.05, 3.63) is 42.7 Å². The molecule has 24 heavy (non-hydrogen) atoms. The van der Waals surface area contributed by atoms with Crippen LogP contribution in [0.25, 0.3) is 0 Å². The fraction of sp³-hybridized carbons (Fsp3) is 0.421. The van der Waals surface area contributed by atoms with Crippen molar-refractivity contribution in [1.29, 1.82) is 0 Å². The molecule has 0 aliphatic carbocycles. The summed E-state index contributed by atoms with van der Waals surface area (Å²) in [5.41, 5.74) is 0.761. The van der Waals surface area contributed by atoms with Gasteiger partial charge in [0.1, 0.15) is 0 Å². The molecular formula is C19H24N2O3. The van der Waals surface area contributed by atoms with Gasteiger partial charge in [-0.25, -0.2) is 0 Å². The summed E-state index contributed by atoms with van der Waals surface area (Å²) in [6.45, 7) is 2.32. The summed E-state index contributed by atoms with van der Waals surface area (Å²) >= 11 is 0. The van der Waals surface area contributed by atoms with Crippen LogP contribution in [0.4, 0.5) is 5.69 Å². The molecule has 1 N–H and O–H groups in total. The van der Waals surface area contributed by atoms with Crippen LogP contribution in [-0.2, 0) is 11.3 Å². The smallest absolute Gasteiger partial charge is 0.224 e. The predicted octanol–water partition coefficient (Wildman–Crippen LogP) is 3.85. The average molecular weight is 328 g/mol. The van der Waals surface area contributed by atoms with Gasteiger partial charge in [-0.1, -0.05) is 6.42 Å². The van der Waals surface area contributed by atoms with E-state index in [9.17, 15) is 4.79 Å². The van der Waals surface area contributed by atoms with Gasteiger partial charge in [0, 0.05) is 43.5 Å². The summed E-state index contributed by atoms with van der Waals surface area (Å²) in [7, 11) is 0. The summed E-state index contributed by atoms with van der Waals surface area (Å²) in [6.07, 6.45) is 8.59. The minimum Gasteiger partial charge on any atom is -0.490 e. The molecule has 5 nitrogen and oxygen atoms in total. The first-order chi connectivity index (χ1) is 11.8. The van der Waals surface area contributed by atoms with E-state index in [1.165, 1.54) is 0 Å². The van der Waals surface area contributed by atoms with Gasteiger partial charge >= 0.3 is 0 Å². The van der Waals surface area contributed by atoms with Crippen LogP contribution < -0.4 is 14.8 Å². The van der Waals surface area contributed by atoms with Crippen LogP contribution in [0.1, 0.15) is 32.1 Å². The maximum atomic E-state index is 12.1. The van der Waals surface area contributed by atoms with Gasteiger partial charge in [-0.05, 0) is 37.1 Å². The van der Waals surface area contributed by atoms with Gasteiger partial charge in [0.15, 0.2) is 11.5 Å². The first kappa shape index (κ1) is 16.4. The van der Waals surface area contributed by atoms with E-state index in [1.54, 1.807) is 0 Å². The number of anilines is 1. The zero-order valence-corrected chi connectivity index (χ0v) is 13.9. The normalized spacial score (nSPS) is 13.3. The maximum Gasteiger partial charge on any atom is 0.224 e. The van der Waals surface area contributed by atoms with Crippen LogP contribution in [0.5, 0.6) is 11.5 Å². The van der Waals surface area contributed by atoms with Gasteiger partial charge in [0.2, 0.25) is 5.91 Å².